The monoisotopic (exact) mass is 589 g/mol. The zero-order valence-corrected chi connectivity index (χ0v) is 23.6. The number of nitro benzene ring substituents is 1. The van der Waals surface area contributed by atoms with E-state index < -0.39 is 34.1 Å². The zero-order chi connectivity index (χ0) is 30.0. The molecule has 3 aliphatic heterocycles. The first-order valence-corrected chi connectivity index (χ1v) is 14.2. The van der Waals surface area contributed by atoms with Crippen molar-refractivity contribution in [2.45, 2.75) is 24.4 Å². The van der Waals surface area contributed by atoms with Crippen molar-refractivity contribution in [1.29, 1.82) is 0 Å². The fourth-order valence-corrected chi connectivity index (χ4v) is 7.23. The van der Waals surface area contributed by atoms with Crippen LogP contribution in [0.1, 0.15) is 38.8 Å². The Balaban J connectivity index is 1.53. The lowest BCUT2D eigenvalue weighted by Crippen LogP contribution is -2.51. The minimum Gasteiger partial charge on any atom is -0.352 e. The summed E-state index contributed by atoms with van der Waals surface area (Å²) in [4.78, 5) is 56.6. The third kappa shape index (κ3) is 3.79. The smallest absolute Gasteiger partial charge is 0.269 e. The molecule has 0 saturated carbocycles. The first kappa shape index (κ1) is 26.8. The molecule has 1 N–H and O–H groups in total. The third-order valence-corrected chi connectivity index (χ3v) is 9.18. The molecule has 4 aromatic carbocycles. The standard InChI is InChI=1S/C34H24ClN3O5/c1-19-18-28-34(25-7-3-4-8-26(25)36-33(34)41)29(31(39)20-10-14-22(35)15-11-20)30(37(28)27-9-5-2-6-24(19)27)32(40)21-12-16-23(17-13-21)38(42)43/h2-18,28-30H,1H3,(H,36,41)/t28-,29+,30-,34+/m1/s1. The number of non-ortho nitro benzene ring substituents is 1. The highest BCUT2D eigenvalue weighted by Crippen LogP contribution is 2.58. The van der Waals surface area contributed by atoms with E-state index in [2.05, 4.69) is 5.32 Å². The minimum atomic E-state index is -1.46. The molecule has 7 rings (SSSR count). The van der Waals surface area contributed by atoms with Gasteiger partial charge < -0.3 is 10.2 Å². The number of fused-ring (bicyclic) bond motifs is 6. The van der Waals surface area contributed by atoms with Gasteiger partial charge in [-0.05, 0) is 66.6 Å². The molecule has 1 saturated heterocycles. The Kier molecular flexibility index (Phi) is 6.07. The Labute approximate surface area is 251 Å². The molecule has 212 valence electrons. The van der Waals surface area contributed by atoms with Crippen molar-refractivity contribution in [1.82, 2.24) is 0 Å². The Morgan fingerprint density at radius 2 is 1.51 bits per heavy atom. The van der Waals surface area contributed by atoms with E-state index in [4.69, 9.17) is 11.6 Å². The second-order valence-corrected chi connectivity index (χ2v) is 11.5. The quantitative estimate of drug-likeness (QED) is 0.162. The third-order valence-electron chi connectivity index (χ3n) is 8.93. The van der Waals surface area contributed by atoms with Gasteiger partial charge in [-0.3, -0.25) is 24.5 Å². The van der Waals surface area contributed by atoms with Gasteiger partial charge in [-0.15, -0.1) is 0 Å². The van der Waals surface area contributed by atoms with Gasteiger partial charge in [0.2, 0.25) is 5.91 Å². The average molecular weight is 590 g/mol. The second kappa shape index (κ2) is 9.74. The minimum absolute atomic E-state index is 0.155. The van der Waals surface area contributed by atoms with Crippen LogP contribution >= 0.6 is 11.6 Å². The summed E-state index contributed by atoms with van der Waals surface area (Å²) in [7, 11) is 0. The van der Waals surface area contributed by atoms with Crippen LogP contribution in [0.2, 0.25) is 5.02 Å². The maximum atomic E-state index is 14.8. The molecule has 1 amide bonds. The summed E-state index contributed by atoms with van der Waals surface area (Å²) in [5.74, 6) is -2.30. The van der Waals surface area contributed by atoms with Crippen molar-refractivity contribution in [2.75, 3.05) is 10.2 Å². The normalized spacial score (nSPS) is 23.2. The van der Waals surface area contributed by atoms with Gasteiger partial charge in [-0.2, -0.15) is 0 Å². The summed E-state index contributed by atoms with van der Waals surface area (Å²) >= 11 is 6.16. The molecule has 43 heavy (non-hydrogen) atoms. The Morgan fingerprint density at radius 3 is 2.23 bits per heavy atom. The molecule has 1 spiro atoms. The molecule has 0 aromatic heterocycles. The zero-order valence-electron chi connectivity index (χ0n) is 22.9. The van der Waals surface area contributed by atoms with Crippen LogP contribution in [0.3, 0.4) is 0 Å². The number of halogens is 1. The number of nitrogens with zero attached hydrogens (tertiary/aromatic N) is 2. The number of hydrogen-bond donors (Lipinski definition) is 1. The van der Waals surface area contributed by atoms with Gasteiger partial charge in [0.05, 0.1) is 16.9 Å². The SMILES string of the molecule is CC1=C[C@H]2N(c3ccccc31)[C@@H](C(=O)c1ccc([N+](=O)[O-])cc1)[C@@H](C(=O)c1ccc(Cl)cc1)[C@@]21C(=O)Nc2ccccc21. The van der Waals surface area contributed by atoms with E-state index in [1.165, 1.54) is 24.3 Å². The molecule has 1 fully saturated rings. The maximum Gasteiger partial charge on any atom is 0.269 e. The van der Waals surface area contributed by atoms with Gasteiger partial charge in [-0.1, -0.05) is 54.1 Å². The van der Waals surface area contributed by atoms with Crippen LogP contribution in [-0.4, -0.2) is 34.5 Å². The lowest BCUT2D eigenvalue weighted by molar-refractivity contribution is -0.384. The number of Topliss-reactive ketones (excluding diaryl/α,β-unsaturated/α-hetero) is 2. The fourth-order valence-electron chi connectivity index (χ4n) is 7.10. The van der Waals surface area contributed by atoms with E-state index in [-0.39, 0.29) is 22.9 Å². The molecular weight excluding hydrogens is 566 g/mol. The first-order chi connectivity index (χ1) is 20.7. The van der Waals surface area contributed by atoms with Crippen molar-refractivity contribution in [3.63, 3.8) is 0 Å². The molecule has 0 unspecified atom stereocenters. The highest BCUT2D eigenvalue weighted by molar-refractivity contribution is 6.30. The number of anilines is 2. The van der Waals surface area contributed by atoms with Crippen molar-refractivity contribution >= 4 is 51.7 Å². The van der Waals surface area contributed by atoms with E-state index in [1.54, 1.807) is 30.3 Å². The van der Waals surface area contributed by atoms with Crippen LogP contribution in [-0.2, 0) is 10.2 Å². The van der Waals surface area contributed by atoms with Crippen LogP contribution in [0.25, 0.3) is 5.57 Å². The molecule has 9 heteroatoms. The van der Waals surface area contributed by atoms with Crippen LogP contribution in [0.5, 0.6) is 0 Å². The first-order valence-electron chi connectivity index (χ1n) is 13.8. The van der Waals surface area contributed by atoms with Gasteiger partial charge in [0.1, 0.15) is 11.5 Å². The van der Waals surface area contributed by atoms with Gasteiger partial charge in [-0.25, -0.2) is 0 Å². The predicted octanol–water partition coefficient (Wildman–Crippen LogP) is 6.49. The van der Waals surface area contributed by atoms with Crippen molar-refractivity contribution in [2.24, 2.45) is 5.92 Å². The van der Waals surface area contributed by atoms with Crippen LogP contribution in [0.15, 0.2) is 103 Å². The van der Waals surface area contributed by atoms with E-state index in [0.717, 1.165) is 16.8 Å². The Bertz CT molecular complexity index is 1880. The summed E-state index contributed by atoms with van der Waals surface area (Å²) < 4.78 is 0. The van der Waals surface area contributed by atoms with Crippen LogP contribution in [0.4, 0.5) is 17.1 Å². The predicted molar refractivity (Wildman–Crippen MR) is 164 cm³/mol. The summed E-state index contributed by atoms with van der Waals surface area (Å²) in [5.41, 5.74) is 2.70. The molecule has 8 nitrogen and oxygen atoms in total. The summed E-state index contributed by atoms with van der Waals surface area (Å²) in [5, 5.41) is 14.8. The largest absolute Gasteiger partial charge is 0.352 e. The van der Waals surface area contributed by atoms with Gasteiger partial charge in [0.25, 0.3) is 5.69 Å². The number of carbonyl (C=O) groups excluding carboxylic acids is 3. The van der Waals surface area contributed by atoms with Crippen LogP contribution < -0.4 is 10.2 Å². The van der Waals surface area contributed by atoms with Gasteiger partial charge >= 0.3 is 0 Å². The van der Waals surface area contributed by atoms with Crippen LogP contribution in [0, 0.1) is 16.0 Å². The fraction of sp³-hybridized carbons (Fsp3) is 0.147. The van der Waals surface area contributed by atoms with E-state index in [9.17, 15) is 24.5 Å². The Morgan fingerprint density at radius 1 is 0.884 bits per heavy atom. The summed E-state index contributed by atoms with van der Waals surface area (Å²) in [6, 6.07) is 24.9. The van der Waals surface area contributed by atoms with Gasteiger partial charge in [0, 0.05) is 45.2 Å². The number of carbonyl (C=O) groups is 3. The molecular formula is C34H24ClN3O5. The highest BCUT2D eigenvalue weighted by atomic mass is 35.5. The molecule has 3 aliphatic rings. The number of nitro groups is 1. The number of amides is 1. The summed E-state index contributed by atoms with van der Waals surface area (Å²) in [6.07, 6.45) is 1.98. The number of benzene rings is 4. The summed E-state index contributed by atoms with van der Waals surface area (Å²) in [6.45, 7) is 1.96. The maximum absolute atomic E-state index is 14.8. The number of ketones is 2. The van der Waals surface area contributed by atoms with Crippen molar-refractivity contribution < 1.29 is 19.3 Å². The number of rotatable bonds is 5. The molecule has 4 atom stereocenters. The number of para-hydroxylation sites is 2. The lowest BCUT2D eigenvalue weighted by atomic mass is 9.64. The van der Waals surface area contributed by atoms with Crippen molar-refractivity contribution in [3.8, 4) is 0 Å². The second-order valence-electron chi connectivity index (χ2n) is 11.0. The van der Waals surface area contributed by atoms with Crippen molar-refractivity contribution in [3.05, 3.63) is 141 Å². The number of allylic oxidation sites excluding steroid dienone is 1. The Hall–Kier alpha value is -5.08. The molecule has 0 aliphatic carbocycles. The number of nitrogens with one attached hydrogen (secondary N) is 1. The van der Waals surface area contributed by atoms with Gasteiger partial charge in [0.15, 0.2) is 11.6 Å². The van der Waals surface area contributed by atoms with E-state index in [1.807, 2.05) is 60.4 Å². The topological polar surface area (TPSA) is 110 Å². The van der Waals surface area contributed by atoms with E-state index in [0.29, 0.717) is 21.8 Å². The molecule has 0 bridgehead atoms. The average Bonchev–Trinajstić information content (AvgIpc) is 3.49. The number of hydrogen-bond acceptors (Lipinski definition) is 6. The molecule has 3 heterocycles. The lowest BCUT2D eigenvalue weighted by Gasteiger charge is -2.39. The molecule has 4 aromatic rings. The highest BCUT2D eigenvalue weighted by Gasteiger charge is 2.70. The van der Waals surface area contributed by atoms with E-state index >= 15 is 0 Å². The molecule has 0 radical (unpaired) electrons.